The molecule has 186 valence electrons. The molecule has 0 amide bonds. The van der Waals surface area contributed by atoms with Gasteiger partial charge in [0.15, 0.2) is 6.04 Å². The highest BCUT2D eigenvalue weighted by atomic mass is 19.4. The molecule has 1 aliphatic rings. The van der Waals surface area contributed by atoms with E-state index in [9.17, 15) is 36.6 Å². The van der Waals surface area contributed by atoms with E-state index < -0.39 is 48.1 Å². The smallest absolute Gasteiger partial charge is 0.412 e. The standard InChI is InChI=1S/C23H21F5N4O3/c1-13-10-15(19(23(26,27)28)29-16-5-3-2-4-14(16)21(34)35)20-30-17(11-18(33)32(20)12-13)31-8-6-22(24,25)7-9-31/h2-5,10-12,19,29H,6-9H2,1H3,(H,34,35)/t19-/m0/s1. The van der Waals surface area contributed by atoms with E-state index in [-0.39, 0.29) is 35.8 Å². The number of piperidine rings is 1. The zero-order valence-corrected chi connectivity index (χ0v) is 18.4. The molecule has 2 aromatic heterocycles. The van der Waals surface area contributed by atoms with Crippen LogP contribution in [-0.4, -0.2) is 45.6 Å². The molecule has 3 aromatic rings. The Labute approximate surface area is 195 Å². The normalized spacial score (nSPS) is 16.8. The number of rotatable bonds is 5. The zero-order chi connectivity index (χ0) is 25.5. The number of hydrogen-bond donors (Lipinski definition) is 2. The number of benzene rings is 1. The van der Waals surface area contributed by atoms with E-state index in [0.717, 1.165) is 10.5 Å². The van der Waals surface area contributed by atoms with Crippen molar-refractivity contribution < 1.29 is 31.9 Å². The highest BCUT2D eigenvalue weighted by Crippen LogP contribution is 2.38. The third-order valence-electron chi connectivity index (χ3n) is 5.83. The number of aromatic carboxylic acids is 1. The maximum Gasteiger partial charge on any atom is 0.412 e. The molecule has 0 unspecified atom stereocenters. The van der Waals surface area contributed by atoms with Crippen molar-refractivity contribution >= 4 is 23.1 Å². The van der Waals surface area contributed by atoms with Gasteiger partial charge in [-0.15, -0.1) is 0 Å². The Morgan fingerprint density at radius 2 is 1.83 bits per heavy atom. The summed E-state index contributed by atoms with van der Waals surface area (Å²) in [6.07, 6.45) is -4.50. The van der Waals surface area contributed by atoms with Gasteiger partial charge in [-0.2, -0.15) is 13.2 Å². The second kappa shape index (κ2) is 8.82. The molecule has 0 radical (unpaired) electrons. The fourth-order valence-corrected chi connectivity index (χ4v) is 4.08. The van der Waals surface area contributed by atoms with E-state index in [1.807, 2.05) is 0 Å². The number of aromatic nitrogens is 2. The molecule has 0 bridgehead atoms. The van der Waals surface area contributed by atoms with Crippen molar-refractivity contribution in [3.63, 3.8) is 0 Å². The Hall–Kier alpha value is -3.70. The molecule has 1 aliphatic heterocycles. The predicted octanol–water partition coefficient (Wildman–Crippen LogP) is 4.65. The minimum atomic E-state index is -4.90. The van der Waals surface area contributed by atoms with Gasteiger partial charge >= 0.3 is 12.1 Å². The summed E-state index contributed by atoms with van der Waals surface area (Å²) in [4.78, 5) is 30.1. The van der Waals surface area contributed by atoms with E-state index in [2.05, 4.69) is 10.3 Å². The summed E-state index contributed by atoms with van der Waals surface area (Å²) in [6.45, 7) is 1.29. The van der Waals surface area contributed by atoms with Crippen LogP contribution in [0.3, 0.4) is 0 Å². The van der Waals surface area contributed by atoms with Crippen LogP contribution in [0, 0.1) is 6.92 Å². The highest BCUT2D eigenvalue weighted by molar-refractivity contribution is 5.94. The van der Waals surface area contributed by atoms with Gasteiger partial charge in [0.1, 0.15) is 11.5 Å². The van der Waals surface area contributed by atoms with E-state index in [0.29, 0.717) is 5.56 Å². The molecule has 1 fully saturated rings. The lowest BCUT2D eigenvalue weighted by atomic mass is 10.0. The minimum absolute atomic E-state index is 0.00228. The summed E-state index contributed by atoms with van der Waals surface area (Å²) in [5.74, 6) is -4.27. The number of carbonyl (C=O) groups is 1. The number of hydrogen-bond acceptors (Lipinski definition) is 5. The molecular weight excluding hydrogens is 475 g/mol. The van der Waals surface area contributed by atoms with E-state index >= 15 is 0 Å². The first-order valence-corrected chi connectivity index (χ1v) is 10.7. The molecule has 4 rings (SSSR count). The van der Waals surface area contributed by atoms with Crippen molar-refractivity contribution in [2.45, 2.75) is 37.9 Å². The van der Waals surface area contributed by atoms with Crippen LogP contribution < -0.4 is 15.8 Å². The van der Waals surface area contributed by atoms with E-state index in [4.69, 9.17) is 0 Å². The average Bonchev–Trinajstić information content (AvgIpc) is 2.77. The Kier molecular flexibility index (Phi) is 6.16. The molecule has 7 nitrogen and oxygen atoms in total. The molecule has 0 spiro atoms. The zero-order valence-electron chi connectivity index (χ0n) is 18.4. The Bertz CT molecular complexity index is 1330. The molecule has 1 atom stereocenters. The predicted molar refractivity (Wildman–Crippen MR) is 118 cm³/mol. The number of pyridine rings is 1. The van der Waals surface area contributed by atoms with E-state index in [1.54, 1.807) is 0 Å². The number of fused-ring (bicyclic) bond motifs is 1. The van der Waals surface area contributed by atoms with Crippen molar-refractivity contribution in [3.05, 3.63) is 69.6 Å². The van der Waals surface area contributed by atoms with Gasteiger partial charge in [0, 0.05) is 49.4 Å². The molecule has 2 N–H and O–H groups in total. The fourth-order valence-electron chi connectivity index (χ4n) is 4.08. The third-order valence-corrected chi connectivity index (χ3v) is 5.83. The highest BCUT2D eigenvalue weighted by Gasteiger charge is 2.43. The molecule has 1 saturated heterocycles. The quantitative estimate of drug-likeness (QED) is 0.500. The molecule has 3 heterocycles. The van der Waals surface area contributed by atoms with Crippen LogP contribution in [0.2, 0.25) is 0 Å². The molecule has 0 aliphatic carbocycles. The first-order valence-electron chi connectivity index (χ1n) is 10.7. The lowest BCUT2D eigenvalue weighted by Crippen LogP contribution is -2.40. The third kappa shape index (κ3) is 5.05. The van der Waals surface area contributed by atoms with Gasteiger partial charge in [0.25, 0.3) is 11.5 Å². The number of anilines is 2. The van der Waals surface area contributed by atoms with Gasteiger partial charge in [-0.25, -0.2) is 18.6 Å². The number of halogens is 5. The van der Waals surface area contributed by atoms with Crippen LogP contribution in [0.25, 0.3) is 5.65 Å². The molecule has 1 aromatic carbocycles. The maximum atomic E-state index is 14.3. The molecule has 12 heteroatoms. The van der Waals surface area contributed by atoms with Gasteiger partial charge in [-0.1, -0.05) is 12.1 Å². The number of carboxylic acid groups (broad SMARTS) is 1. The minimum Gasteiger partial charge on any atom is -0.478 e. The number of para-hydroxylation sites is 1. The monoisotopic (exact) mass is 496 g/mol. The van der Waals surface area contributed by atoms with Crippen LogP contribution in [0.4, 0.5) is 33.5 Å². The topological polar surface area (TPSA) is 86.9 Å². The number of aryl methyl sites for hydroxylation is 1. The van der Waals surface area contributed by atoms with Crippen LogP contribution >= 0.6 is 0 Å². The number of carboxylic acids is 1. The second-order valence-corrected chi connectivity index (χ2v) is 8.43. The van der Waals surface area contributed by atoms with Crippen LogP contribution in [0.5, 0.6) is 0 Å². The van der Waals surface area contributed by atoms with Crippen molar-refractivity contribution in [2.75, 3.05) is 23.3 Å². The van der Waals surface area contributed by atoms with E-state index in [1.165, 1.54) is 48.4 Å². The number of alkyl halides is 5. The first kappa shape index (κ1) is 24.4. The molecule has 35 heavy (non-hydrogen) atoms. The summed E-state index contributed by atoms with van der Waals surface area (Å²) in [5, 5.41) is 11.6. The lowest BCUT2D eigenvalue weighted by Gasteiger charge is -2.32. The first-order chi connectivity index (χ1) is 16.4. The Balaban J connectivity index is 1.86. The van der Waals surface area contributed by atoms with Crippen LogP contribution in [0.15, 0.2) is 47.4 Å². The van der Waals surface area contributed by atoms with Crippen LogP contribution in [-0.2, 0) is 0 Å². The van der Waals surface area contributed by atoms with Gasteiger partial charge in [0.05, 0.1) is 5.56 Å². The average molecular weight is 496 g/mol. The number of nitrogens with one attached hydrogen (secondary N) is 1. The Morgan fingerprint density at radius 3 is 2.46 bits per heavy atom. The van der Waals surface area contributed by atoms with Gasteiger partial charge in [-0.05, 0) is 30.7 Å². The van der Waals surface area contributed by atoms with Crippen molar-refractivity contribution in [2.24, 2.45) is 0 Å². The summed E-state index contributed by atoms with van der Waals surface area (Å²) in [5.41, 5.74) is -1.67. The summed E-state index contributed by atoms with van der Waals surface area (Å²) < 4.78 is 71.0. The lowest BCUT2D eigenvalue weighted by molar-refractivity contribution is -0.143. The van der Waals surface area contributed by atoms with Gasteiger partial charge in [-0.3, -0.25) is 9.20 Å². The van der Waals surface area contributed by atoms with Crippen LogP contribution in [0.1, 0.15) is 40.4 Å². The number of nitrogens with zero attached hydrogens (tertiary/aromatic N) is 3. The maximum absolute atomic E-state index is 14.3. The van der Waals surface area contributed by atoms with Gasteiger partial charge < -0.3 is 15.3 Å². The largest absolute Gasteiger partial charge is 0.478 e. The second-order valence-electron chi connectivity index (χ2n) is 8.43. The molecular formula is C23H21F5N4O3. The summed E-state index contributed by atoms with van der Waals surface area (Å²) in [6, 6.07) is 5.06. The fraction of sp³-hybridized carbons (Fsp3) is 0.348. The molecule has 0 saturated carbocycles. The van der Waals surface area contributed by atoms with Crippen molar-refractivity contribution in [3.8, 4) is 0 Å². The Morgan fingerprint density at radius 1 is 1.17 bits per heavy atom. The SMILES string of the molecule is Cc1cc([C@H](Nc2ccccc2C(=O)O)C(F)(F)F)c2nc(N3CCC(F)(F)CC3)cc(=O)n2c1. The summed E-state index contributed by atoms with van der Waals surface area (Å²) in [7, 11) is 0. The van der Waals surface area contributed by atoms with Crippen molar-refractivity contribution in [1.29, 1.82) is 0 Å². The summed E-state index contributed by atoms with van der Waals surface area (Å²) >= 11 is 0. The van der Waals surface area contributed by atoms with Crippen molar-refractivity contribution in [1.82, 2.24) is 9.38 Å². The van der Waals surface area contributed by atoms with Gasteiger partial charge in [0.2, 0.25) is 0 Å².